The van der Waals surface area contributed by atoms with Crippen LogP contribution in [-0.4, -0.2) is 26.4 Å². The van der Waals surface area contributed by atoms with E-state index in [1.54, 1.807) is 56.7 Å². The van der Waals surface area contributed by atoms with Gasteiger partial charge in [0.15, 0.2) is 17.1 Å². The van der Waals surface area contributed by atoms with Crippen LogP contribution in [0.5, 0.6) is 17.2 Å². The van der Waals surface area contributed by atoms with Gasteiger partial charge in [0.05, 0.1) is 21.3 Å². The van der Waals surface area contributed by atoms with Crippen LogP contribution in [0, 0.1) is 12.3 Å². The lowest BCUT2D eigenvalue weighted by Gasteiger charge is -2.24. The van der Waals surface area contributed by atoms with E-state index in [0.717, 1.165) is 0 Å². The lowest BCUT2D eigenvalue weighted by molar-refractivity contribution is 0.145. The quantitative estimate of drug-likeness (QED) is 0.862. The fourth-order valence-electron chi connectivity index (χ4n) is 2.23. The van der Waals surface area contributed by atoms with Gasteiger partial charge in [0.25, 0.3) is 0 Å². The summed E-state index contributed by atoms with van der Waals surface area (Å²) in [5, 5.41) is 10.9. The lowest BCUT2D eigenvalue weighted by atomic mass is 9.87. The maximum atomic E-state index is 10.9. The molecule has 0 fully saturated rings. The maximum Gasteiger partial charge on any atom is 0.176 e. The van der Waals surface area contributed by atoms with Crippen LogP contribution in [-0.2, 0) is 5.60 Å². The van der Waals surface area contributed by atoms with Crippen LogP contribution in [0.15, 0.2) is 42.5 Å². The fourth-order valence-corrected chi connectivity index (χ4v) is 2.23. The number of terminal acetylenes is 1. The average molecular weight is 298 g/mol. The predicted octanol–water partition coefficient (Wildman–Crippen LogP) is 2.58. The zero-order valence-corrected chi connectivity index (χ0v) is 12.8. The van der Waals surface area contributed by atoms with E-state index in [2.05, 4.69) is 5.92 Å². The summed E-state index contributed by atoms with van der Waals surface area (Å²) in [4.78, 5) is 0. The van der Waals surface area contributed by atoms with Gasteiger partial charge in [0, 0.05) is 11.1 Å². The second-order valence-electron chi connectivity index (χ2n) is 4.65. The van der Waals surface area contributed by atoms with Gasteiger partial charge in [-0.05, 0) is 24.3 Å². The number of benzene rings is 2. The summed E-state index contributed by atoms with van der Waals surface area (Å²) in [6.45, 7) is 0. The molecule has 0 aliphatic heterocycles. The normalized spacial score (nSPS) is 12.9. The molecule has 0 radical (unpaired) electrons. The minimum absolute atomic E-state index is 0.502. The molecule has 0 aliphatic rings. The Bertz CT molecular complexity index is 685. The van der Waals surface area contributed by atoms with Crippen LogP contribution in [0.1, 0.15) is 11.1 Å². The van der Waals surface area contributed by atoms with E-state index in [4.69, 9.17) is 20.6 Å². The highest BCUT2D eigenvalue weighted by Gasteiger charge is 2.30. The second kappa shape index (κ2) is 6.42. The number of hydrogen-bond acceptors (Lipinski definition) is 4. The molecule has 0 spiro atoms. The van der Waals surface area contributed by atoms with Gasteiger partial charge in [-0.15, -0.1) is 6.42 Å². The van der Waals surface area contributed by atoms with E-state index in [1.165, 1.54) is 7.11 Å². The van der Waals surface area contributed by atoms with Gasteiger partial charge in [-0.1, -0.05) is 24.1 Å². The molecule has 0 aliphatic carbocycles. The van der Waals surface area contributed by atoms with Gasteiger partial charge in [-0.2, -0.15) is 0 Å². The first-order chi connectivity index (χ1) is 10.6. The molecule has 0 aromatic heterocycles. The molecular formula is C18H18O4. The van der Waals surface area contributed by atoms with Crippen molar-refractivity contribution in [2.75, 3.05) is 21.3 Å². The highest BCUT2D eigenvalue weighted by molar-refractivity contribution is 5.51. The highest BCUT2D eigenvalue weighted by Crippen LogP contribution is 2.36. The smallest absolute Gasteiger partial charge is 0.176 e. The Morgan fingerprint density at radius 1 is 0.864 bits per heavy atom. The Morgan fingerprint density at radius 2 is 1.45 bits per heavy atom. The Labute approximate surface area is 130 Å². The van der Waals surface area contributed by atoms with Crippen LogP contribution in [0.3, 0.4) is 0 Å². The van der Waals surface area contributed by atoms with E-state index in [-0.39, 0.29) is 0 Å². The number of methoxy groups -OCH3 is 3. The van der Waals surface area contributed by atoms with E-state index >= 15 is 0 Å². The van der Waals surface area contributed by atoms with Crippen LogP contribution >= 0.6 is 0 Å². The molecule has 22 heavy (non-hydrogen) atoms. The molecule has 0 bridgehead atoms. The van der Waals surface area contributed by atoms with E-state index in [0.29, 0.717) is 28.4 Å². The largest absolute Gasteiger partial charge is 0.497 e. The zero-order valence-electron chi connectivity index (χ0n) is 12.8. The summed E-state index contributed by atoms with van der Waals surface area (Å²) in [5.41, 5.74) is -0.466. The van der Waals surface area contributed by atoms with Gasteiger partial charge < -0.3 is 19.3 Å². The number of hydrogen-bond donors (Lipinski definition) is 1. The highest BCUT2D eigenvalue weighted by atomic mass is 16.5. The molecule has 0 saturated carbocycles. The lowest BCUT2D eigenvalue weighted by Crippen LogP contribution is -2.25. The third-order valence-electron chi connectivity index (χ3n) is 3.52. The molecule has 1 atom stereocenters. The summed E-state index contributed by atoms with van der Waals surface area (Å²) in [5.74, 6) is 4.22. The van der Waals surface area contributed by atoms with E-state index in [1.807, 2.05) is 0 Å². The van der Waals surface area contributed by atoms with Crippen molar-refractivity contribution in [2.45, 2.75) is 5.60 Å². The summed E-state index contributed by atoms with van der Waals surface area (Å²) in [6, 6.07) is 12.1. The SMILES string of the molecule is C#CC(O)(c1ccc(OC)cc1)c1ccc(OC)c(OC)c1. The summed E-state index contributed by atoms with van der Waals surface area (Å²) >= 11 is 0. The Morgan fingerprint density at radius 3 is 1.95 bits per heavy atom. The summed E-state index contributed by atoms with van der Waals surface area (Å²) in [7, 11) is 4.66. The Kier molecular flexibility index (Phi) is 4.59. The van der Waals surface area contributed by atoms with Crippen molar-refractivity contribution in [1.82, 2.24) is 0 Å². The molecule has 0 heterocycles. The van der Waals surface area contributed by atoms with Gasteiger partial charge in [-0.3, -0.25) is 0 Å². The fraction of sp³-hybridized carbons (Fsp3) is 0.222. The average Bonchev–Trinajstić information content (AvgIpc) is 2.60. The van der Waals surface area contributed by atoms with Crippen LogP contribution in [0.2, 0.25) is 0 Å². The van der Waals surface area contributed by atoms with Crippen molar-refractivity contribution in [1.29, 1.82) is 0 Å². The summed E-state index contributed by atoms with van der Waals surface area (Å²) in [6.07, 6.45) is 5.60. The van der Waals surface area contributed by atoms with Crippen molar-refractivity contribution < 1.29 is 19.3 Å². The van der Waals surface area contributed by atoms with E-state index in [9.17, 15) is 5.11 Å². The second-order valence-corrected chi connectivity index (χ2v) is 4.65. The first-order valence-corrected chi connectivity index (χ1v) is 6.66. The molecular weight excluding hydrogens is 280 g/mol. The summed E-state index contributed by atoms with van der Waals surface area (Å²) < 4.78 is 15.6. The Balaban J connectivity index is 2.51. The zero-order chi connectivity index (χ0) is 16.2. The number of aliphatic hydroxyl groups is 1. The van der Waals surface area contributed by atoms with Crippen molar-refractivity contribution >= 4 is 0 Å². The third-order valence-corrected chi connectivity index (χ3v) is 3.52. The van der Waals surface area contributed by atoms with Crippen LogP contribution < -0.4 is 14.2 Å². The molecule has 0 saturated heterocycles. The van der Waals surface area contributed by atoms with Gasteiger partial charge in [0.1, 0.15) is 5.75 Å². The minimum atomic E-state index is -1.56. The molecule has 0 amide bonds. The first kappa shape index (κ1) is 15.7. The van der Waals surface area contributed by atoms with Crippen molar-refractivity contribution in [2.24, 2.45) is 0 Å². The van der Waals surface area contributed by atoms with Crippen LogP contribution in [0.4, 0.5) is 0 Å². The number of ether oxygens (including phenoxy) is 3. The molecule has 4 nitrogen and oxygen atoms in total. The molecule has 2 aromatic carbocycles. The van der Waals surface area contributed by atoms with E-state index < -0.39 is 5.60 Å². The molecule has 1 N–H and O–H groups in total. The monoisotopic (exact) mass is 298 g/mol. The topological polar surface area (TPSA) is 47.9 Å². The van der Waals surface area contributed by atoms with Gasteiger partial charge >= 0.3 is 0 Å². The standard InChI is InChI=1S/C18H18O4/c1-5-18(19,13-6-9-15(20-2)10-7-13)14-8-11-16(21-3)17(12-14)22-4/h1,6-12,19H,2-4H3. The maximum absolute atomic E-state index is 10.9. The van der Waals surface area contributed by atoms with Gasteiger partial charge in [-0.25, -0.2) is 0 Å². The first-order valence-electron chi connectivity index (χ1n) is 6.66. The van der Waals surface area contributed by atoms with Crippen molar-refractivity contribution in [3.8, 4) is 29.6 Å². The molecule has 4 heteroatoms. The molecule has 2 rings (SSSR count). The number of rotatable bonds is 5. The molecule has 1 unspecified atom stereocenters. The minimum Gasteiger partial charge on any atom is -0.497 e. The Hall–Kier alpha value is -2.64. The predicted molar refractivity (Wildman–Crippen MR) is 84.4 cm³/mol. The van der Waals surface area contributed by atoms with Gasteiger partial charge in [0.2, 0.25) is 0 Å². The van der Waals surface area contributed by atoms with Crippen LogP contribution in [0.25, 0.3) is 0 Å². The molecule has 114 valence electrons. The third kappa shape index (κ3) is 2.72. The molecule has 2 aromatic rings. The van der Waals surface area contributed by atoms with Crippen molar-refractivity contribution in [3.05, 3.63) is 53.6 Å². The van der Waals surface area contributed by atoms with Crippen molar-refractivity contribution in [3.63, 3.8) is 0 Å².